The minimum Gasteiger partial charge on any atom is -0.368 e. The molecule has 0 aliphatic carbocycles. The molecule has 6 heteroatoms. The van der Waals surface area contributed by atoms with Crippen LogP contribution in [0.15, 0.2) is 55.6 Å². The molecule has 6 atom stereocenters. The summed E-state index contributed by atoms with van der Waals surface area (Å²) in [6.45, 7) is 8.54. The summed E-state index contributed by atoms with van der Waals surface area (Å²) in [7, 11) is 1.58. The minimum atomic E-state index is -0.577. The van der Waals surface area contributed by atoms with Crippen molar-refractivity contribution < 1.29 is 28.4 Å². The molecule has 0 N–H and O–H groups in total. The van der Waals surface area contributed by atoms with E-state index in [0.717, 1.165) is 5.56 Å². The van der Waals surface area contributed by atoms with Crippen LogP contribution in [0, 0.1) is 0 Å². The topological polar surface area (TPSA) is 55.4 Å². The zero-order valence-corrected chi connectivity index (χ0v) is 15.0. The Kier molecular flexibility index (Phi) is 6.96. The highest BCUT2D eigenvalue weighted by atomic mass is 16.8. The lowest BCUT2D eigenvalue weighted by atomic mass is 9.97. The molecule has 0 saturated carbocycles. The number of hydrogen-bond acceptors (Lipinski definition) is 6. The van der Waals surface area contributed by atoms with Crippen LogP contribution >= 0.6 is 0 Å². The monoisotopic (exact) mass is 362 g/mol. The van der Waals surface area contributed by atoms with Crippen LogP contribution in [-0.2, 0) is 28.4 Å². The lowest BCUT2D eigenvalue weighted by Gasteiger charge is -2.48. The first-order valence-electron chi connectivity index (χ1n) is 8.73. The van der Waals surface area contributed by atoms with Crippen LogP contribution in [0.1, 0.15) is 11.9 Å². The molecule has 0 radical (unpaired) electrons. The van der Waals surface area contributed by atoms with Crippen LogP contribution in [0.4, 0.5) is 0 Å². The van der Waals surface area contributed by atoms with Crippen LogP contribution in [0.5, 0.6) is 0 Å². The predicted octanol–water partition coefficient (Wildman–Crippen LogP) is 2.61. The number of fused-ring (bicyclic) bond motifs is 1. The highest BCUT2D eigenvalue weighted by Crippen LogP contribution is 2.36. The van der Waals surface area contributed by atoms with Crippen LogP contribution in [0.2, 0.25) is 0 Å². The van der Waals surface area contributed by atoms with Gasteiger partial charge in [-0.25, -0.2) is 0 Å². The van der Waals surface area contributed by atoms with Crippen molar-refractivity contribution in [3.8, 4) is 0 Å². The molecule has 142 valence electrons. The van der Waals surface area contributed by atoms with Crippen molar-refractivity contribution in [2.45, 2.75) is 37.0 Å². The van der Waals surface area contributed by atoms with Gasteiger partial charge in [-0.1, -0.05) is 42.5 Å². The summed E-state index contributed by atoms with van der Waals surface area (Å²) in [6, 6.07) is 9.80. The number of hydrogen-bond donors (Lipinski definition) is 0. The van der Waals surface area contributed by atoms with E-state index in [1.54, 1.807) is 19.3 Å². The first kappa shape index (κ1) is 19.2. The normalized spacial score (nSPS) is 34.0. The average molecular weight is 362 g/mol. The van der Waals surface area contributed by atoms with Crippen molar-refractivity contribution in [3.05, 3.63) is 61.2 Å². The van der Waals surface area contributed by atoms with Gasteiger partial charge in [-0.05, 0) is 0 Å². The average Bonchev–Trinajstić information content (AvgIpc) is 2.70. The molecule has 2 aliphatic heterocycles. The van der Waals surface area contributed by atoms with Crippen molar-refractivity contribution in [1.82, 2.24) is 0 Å². The van der Waals surface area contributed by atoms with E-state index in [4.69, 9.17) is 28.4 Å². The van der Waals surface area contributed by atoms with Crippen LogP contribution < -0.4 is 0 Å². The summed E-state index contributed by atoms with van der Waals surface area (Å²) in [6.07, 6.45) is 0.835. The maximum Gasteiger partial charge on any atom is 0.186 e. The fourth-order valence-electron chi connectivity index (χ4n) is 3.24. The molecule has 0 aromatic heterocycles. The largest absolute Gasteiger partial charge is 0.368 e. The van der Waals surface area contributed by atoms with Crippen molar-refractivity contribution in [1.29, 1.82) is 0 Å². The number of ether oxygens (including phenoxy) is 6. The van der Waals surface area contributed by atoms with Gasteiger partial charge in [0.1, 0.15) is 24.4 Å². The highest BCUT2D eigenvalue weighted by molar-refractivity contribution is 5.16. The van der Waals surface area contributed by atoms with Gasteiger partial charge < -0.3 is 28.4 Å². The Bertz CT molecular complexity index is 577. The Hall–Kier alpha value is -1.54. The first-order valence-corrected chi connectivity index (χ1v) is 8.73. The third-order valence-electron chi connectivity index (χ3n) is 4.40. The van der Waals surface area contributed by atoms with E-state index in [2.05, 4.69) is 13.2 Å². The second-order valence-corrected chi connectivity index (χ2v) is 6.13. The summed E-state index contributed by atoms with van der Waals surface area (Å²) in [5.41, 5.74) is 0.950. The summed E-state index contributed by atoms with van der Waals surface area (Å²) in [4.78, 5) is 0. The smallest absolute Gasteiger partial charge is 0.186 e. The van der Waals surface area contributed by atoms with E-state index in [1.165, 1.54) is 0 Å². The third kappa shape index (κ3) is 4.23. The lowest BCUT2D eigenvalue weighted by molar-refractivity contribution is -0.365. The van der Waals surface area contributed by atoms with Crippen LogP contribution in [-0.4, -0.2) is 57.6 Å². The van der Waals surface area contributed by atoms with E-state index in [-0.39, 0.29) is 18.3 Å². The highest BCUT2D eigenvalue weighted by Gasteiger charge is 2.51. The Balaban J connectivity index is 1.81. The number of rotatable bonds is 8. The first-order chi connectivity index (χ1) is 12.8. The molecule has 2 aliphatic rings. The second-order valence-electron chi connectivity index (χ2n) is 6.13. The van der Waals surface area contributed by atoms with Gasteiger partial charge in [0.05, 0.1) is 19.8 Å². The maximum atomic E-state index is 6.22. The molecule has 2 heterocycles. The molecule has 2 saturated heterocycles. The SMILES string of the molecule is C=CCO[C@H]1[C@H](OCC=C)[C@H](OC)O[C@@H]2CO[C@H](c3ccccc3)O[C@H]12. The number of methoxy groups -OCH3 is 1. The van der Waals surface area contributed by atoms with Gasteiger partial charge in [0, 0.05) is 12.7 Å². The molecule has 6 nitrogen and oxygen atoms in total. The maximum absolute atomic E-state index is 6.22. The molecule has 1 aromatic rings. The van der Waals surface area contributed by atoms with Crippen molar-refractivity contribution >= 4 is 0 Å². The fraction of sp³-hybridized carbons (Fsp3) is 0.500. The molecule has 1 aromatic carbocycles. The van der Waals surface area contributed by atoms with Crippen molar-refractivity contribution in [2.24, 2.45) is 0 Å². The summed E-state index contributed by atoms with van der Waals surface area (Å²) in [5, 5.41) is 0. The molecule has 0 spiro atoms. The van der Waals surface area contributed by atoms with E-state index in [0.29, 0.717) is 19.8 Å². The Morgan fingerprint density at radius 1 is 1.04 bits per heavy atom. The van der Waals surface area contributed by atoms with E-state index in [9.17, 15) is 0 Å². The van der Waals surface area contributed by atoms with Gasteiger partial charge in [0.15, 0.2) is 12.6 Å². The van der Waals surface area contributed by atoms with E-state index >= 15 is 0 Å². The van der Waals surface area contributed by atoms with Crippen LogP contribution in [0.25, 0.3) is 0 Å². The molecular weight excluding hydrogens is 336 g/mol. The predicted molar refractivity (Wildman–Crippen MR) is 95.6 cm³/mol. The third-order valence-corrected chi connectivity index (χ3v) is 4.40. The van der Waals surface area contributed by atoms with Crippen molar-refractivity contribution in [2.75, 3.05) is 26.9 Å². The Morgan fingerprint density at radius 2 is 1.73 bits per heavy atom. The molecule has 2 fully saturated rings. The zero-order chi connectivity index (χ0) is 18.4. The number of benzene rings is 1. The Morgan fingerprint density at radius 3 is 2.38 bits per heavy atom. The van der Waals surface area contributed by atoms with Gasteiger partial charge >= 0.3 is 0 Å². The van der Waals surface area contributed by atoms with Gasteiger partial charge in [-0.2, -0.15) is 0 Å². The quantitative estimate of drug-likeness (QED) is 0.663. The molecule has 0 bridgehead atoms. The molecule has 0 amide bonds. The van der Waals surface area contributed by atoms with Gasteiger partial charge in [-0.15, -0.1) is 13.2 Å². The van der Waals surface area contributed by atoms with E-state index < -0.39 is 18.7 Å². The van der Waals surface area contributed by atoms with E-state index in [1.807, 2.05) is 30.3 Å². The molecule has 3 rings (SSSR count). The minimum absolute atomic E-state index is 0.307. The fourth-order valence-corrected chi connectivity index (χ4v) is 3.24. The van der Waals surface area contributed by atoms with Crippen molar-refractivity contribution in [3.63, 3.8) is 0 Å². The Labute approximate surface area is 154 Å². The summed E-state index contributed by atoms with van der Waals surface area (Å²) < 4.78 is 35.5. The zero-order valence-electron chi connectivity index (χ0n) is 15.0. The van der Waals surface area contributed by atoms with Gasteiger partial charge in [0.25, 0.3) is 0 Å². The molecular formula is C20H26O6. The summed E-state index contributed by atoms with van der Waals surface area (Å²) >= 11 is 0. The van der Waals surface area contributed by atoms with Crippen LogP contribution in [0.3, 0.4) is 0 Å². The summed E-state index contributed by atoms with van der Waals surface area (Å²) in [5.74, 6) is 0. The molecule has 0 unspecified atom stereocenters. The second kappa shape index (κ2) is 9.41. The lowest BCUT2D eigenvalue weighted by Crippen LogP contribution is -2.63. The van der Waals surface area contributed by atoms with Gasteiger partial charge in [0.2, 0.25) is 0 Å². The molecule has 26 heavy (non-hydrogen) atoms. The van der Waals surface area contributed by atoms with Gasteiger partial charge in [-0.3, -0.25) is 0 Å². The standard InChI is InChI=1S/C20H26O6/c1-4-11-22-17-16-15(25-20(21-3)18(17)23-12-5-2)13-24-19(26-16)14-9-7-6-8-10-14/h4-10,15-20H,1-2,11-13H2,3H3/t15-,16+,17-,18+,19+,20-/m1/s1.